The Balaban J connectivity index is 1.61. The van der Waals surface area contributed by atoms with E-state index >= 15 is 0 Å². The summed E-state index contributed by atoms with van der Waals surface area (Å²) in [5.41, 5.74) is 2.84. The van der Waals surface area contributed by atoms with Crippen LogP contribution < -0.4 is 5.32 Å². The van der Waals surface area contributed by atoms with Crippen molar-refractivity contribution in [3.05, 3.63) is 65.7 Å². The lowest BCUT2D eigenvalue weighted by atomic mass is 10.0. The molecule has 2 heterocycles. The van der Waals surface area contributed by atoms with E-state index in [1.165, 1.54) is 23.5 Å². The van der Waals surface area contributed by atoms with Gasteiger partial charge in [0.1, 0.15) is 23.5 Å². The van der Waals surface area contributed by atoms with Crippen molar-refractivity contribution in [1.29, 1.82) is 0 Å². The largest absolute Gasteiger partial charge is 0.379 e. The average Bonchev–Trinajstić information content (AvgIpc) is 2.70. The molecular weight excluding hydrogens is 343 g/mol. The summed E-state index contributed by atoms with van der Waals surface area (Å²) in [6.45, 7) is 6.03. The summed E-state index contributed by atoms with van der Waals surface area (Å²) < 4.78 is 19.5. The van der Waals surface area contributed by atoms with Crippen LogP contribution in [0.1, 0.15) is 17.2 Å². The average molecular weight is 366 g/mol. The van der Waals surface area contributed by atoms with Crippen LogP contribution in [0.15, 0.2) is 48.8 Å². The number of aromatic nitrogens is 2. The lowest BCUT2D eigenvalue weighted by Gasteiger charge is -2.35. The third-order valence-corrected chi connectivity index (χ3v) is 4.99. The predicted molar refractivity (Wildman–Crippen MR) is 104 cm³/mol. The molecular formula is C21H23FN4O. The molecule has 0 spiro atoms. The summed E-state index contributed by atoms with van der Waals surface area (Å²) in [5, 5.41) is 4.13. The molecule has 0 bridgehead atoms. The smallest absolute Gasteiger partial charge is 0.149 e. The van der Waals surface area contributed by atoms with E-state index in [1.54, 1.807) is 6.07 Å². The molecule has 2 aromatic carbocycles. The van der Waals surface area contributed by atoms with Crippen molar-refractivity contribution in [2.24, 2.45) is 0 Å². The van der Waals surface area contributed by atoms with Crippen LogP contribution in [0.3, 0.4) is 0 Å². The lowest BCUT2D eigenvalue weighted by molar-refractivity contribution is 0.0187. The van der Waals surface area contributed by atoms with Crippen molar-refractivity contribution in [2.75, 3.05) is 38.2 Å². The van der Waals surface area contributed by atoms with Crippen molar-refractivity contribution in [2.45, 2.75) is 13.0 Å². The number of nitrogens with zero attached hydrogens (tertiary/aromatic N) is 3. The molecule has 0 aliphatic carbocycles. The van der Waals surface area contributed by atoms with Gasteiger partial charge in [-0.15, -0.1) is 0 Å². The summed E-state index contributed by atoms with van der Waals surface area (Å²) in [4.78, 5) is 10.8. The second-order valence-corrected chi connectivity index (χ2v) is 6.82. The highest BCUT2D eigenvalue weighted by molar-refractivity contribution is 5.89. The SMILES string of the molecule is Cc1cccc(C(CNc2ncnc3c(F)cccc23)N2CCOCC2)c1. The van der Waals surface area contributed by atoms with E-state index in [0.717, 1.165) is 26.3 Å². The molecule has 1 aliphatic heterocycles. The molecule has 0 saturated carbocycles. The molecule has 0 radical (unpaired) electrons. The number of nitrogens with one attached hydrogen (secondary N) is 1. The highest BCUT2D eigenvalue weighted by Gasteiger charge is 2.23. The minimum Gasteiger partial charge on any atom is -0.379 e. The second-order valence-electron chi connectivity index (χ2n) is 6.82. The number of hydrogen-bond acceptors (Lipinski definition) is 5. The van der Waals surface area contributed by atoms with Gasteiger partial charge in [0, 0.05) is 25.0 Å². The third kappa shape index (κ3) is 3.91. The maximum atomic E-state index is 14.0. The van der Waals surface area contributed by atoms with Crippen molar-refractivity contribution in [3.63, 3.8) is 0 Å². The van der Waals surface area contributed by atoms with Gasteiger partial charge < -0.3 is 10.1 Å². The van der Waals surface area contributed by atoms with Crippen LogP contribution in [0.25, 0.3) is 10.9 Å². The highest BCUT2D eigenvalue weighted by atomic mass is 19.1. The van der Waals surface area contributed by atoms with E-state index in [4.69, 9.17) is 4.74 Å². The van der Waals surface area contributed by atoms with Gasteiger partial charge in [-0.1, -0.05) is 35.9 Å². The van der Waals surface area contributed by atoms with Crippen LogP contribution in [0, 0.1) is 12.7 Å². The maximum Gasteiger partial charge on any atom is 0.149 e. The molecule has 1 saturated heterocycles. The summed E-state index contributed by atoms with van der Waals surface area (Å²) in [6, 6.07) is 13.7. The first-order valence-corrected chi connectivity index (χ1v) is 9.24. The van der Waals surface area contributed by atoms with E-state index < -0.39 is 0 Å². The molecule has 1 fully saturated rings. The summed E-state index contributed by atoms with van der Waals surface area (Å²) in [5.74, 6) is 0.326. The number of hydrogen-bond donors (Lipinski definition) is 1. The Hall–Kier alpha value is -2.57. The first-order valence-electron chi connectivity index (χ1n) is 9.24. The van der Waals surface area contributed by atoms with E-state index in [0.29, 0.717) is 23.3 Å². The van der Waals surface area contributed by atoms with Gasteiger partial charge in [-0.3, -0.25) is 4.90 Å². The molecule has 5 nitrogen and oxygen atoms in total. The molecule has 1 N–H and O–H groups in total. The van der Waals surface area contributed by atoms with E-state index in [-0.39, 0.29) is 11.9 Å². The Morgan fingerprint density at radius 2 is 1.96 bits per heavy atom. The first-order chi connectivity index (χ1) is 13.2. The van der Waals surface area contributed by atoms with Gasteiger partial charge in [0.25, 0.3) is 0 Å². The predicted octanol–water partition coefficient (Wildman–Crippen LogP) is 3.56. The Morgan fingerprint density at radius 3 is 2.78 bits per heavy atom. The summed E-state index contributed by atoms with van der Waals surface area (Å²) in [6.07, 6.45) is 1.41. The fraction of sp³-hybridized carbons (Fsp3) is 0.333. The number of benzene rings is 2. The summed E-state index contributed by atoms with van der Waals surface area (Å²) in [7, 11) is 0. The number of fused-ring (bicyclic) bond motifs is 1. The van der Waals surface area contributed by atoms with Crippen LogP contribution in [0.2, 0.25) is 0 Å². The van der Waals surface area contributed by atoms with Crippen molar-refractivity contribution in [1.82, 2.24) is 14.9 Å². The van der Waals surface area contributed by atoms with E-state index in [1.807, 2.05) is 6.07 Å². The number of rotatable bonds is 5. The second kappa shape index (κ2) is 7.98. The van der Waals surface area contributed by atoms with Crippen LogP contribution in [-0.4, -0.2) is 47.7 Å². The maximum absolute atomic E-state index is 14.0. The molecule has 1 aromatic heterocycles. The Bertz CT molecular complexity index is 927. The van der Waals surface area contributed by atoms with Gasteiger partial charge in [-0.25, -0.2) is 14.4 Å². The standard InChI is InChI=1S/C21H23FN4O/c1-15-4-2-5-16(12-15)19(26-8-10-27-11-9-26)13-23-21-17-6-3-7-18(22)20(17)24-14-25-21/h2-7,12,14,19H,8-11,13H2,1H3,(H,23,24,25). The molecule has 6 heteroatoms. The zero-order chi connectivity index (χ0) is 18.6. The van der Waals surface area contributed by atoms with Gasteiger partial charge in [-0.05, 0) is 24.6 Å². The van der Waals surface area contributed by atoms with Crippen LogP contribution in [0.5, 0.6) is 0 Å². The van der Waals surface area contributed by atoms with Gasteiger partial charge in [-0.2, -0.15) is 0 Å². The number of morpholine rings is 1. The normalized spacial score (nSPS) is 16.4. The van der Waals surface area contributed by atoms with Crippen molar-refractivity contribution in [3.8, 4) is 0 Å². The van der Waals surface area contributed by atoms with Crippen LogP contribution in [0.4, 0.5) is 10.2 Å². The van der Waals surface area contributed by atoms with Crippen LogP contribution in [-0.2, 0) is 4.74 Å². The monoisotopic (exact) mass is 366 g/mol. The molecule has 1 atom stereocenters. The fourth-order valence-electron chi connectivity index (χ4n) is 3.61. The third-order valence-electron chi connectivity index (χ3n) is 4.99. The molecule has 3 aromatic rings. The Morgan fingerprint density at radius 1 is 1.15 bits per heavy atom. The molecule has 140 valence electrons. The number of aryl methyl sites for hydroxylation is 1. The van der Waals surface area contributed by atoms with Gasteiger partial charge in [0.15, 0.2) is 0 Å². The molecule has 1 aliphatic rings. The van der Waals surface area contributed by atoms with E-state index in [9.17, 15) is 4.39 Å². The van der Waals surface area contributed by atoms with Crippen molar-refractivity contribution < 1.29 is 9.13 Å². The zero-order valence-electron chi connectivity index (χ0n) is 15.4. The Labute approximate surface area is 158 Å². The minimum absolute atomic E-state index is 0.187. The zero-order valence-corrected chi connectivity index (χ0v) is 15.4. The Kier molecular flexibility index (Phi) is 5.27. The lowest BCUT2D eigenvalue weighted by Crippen LogP contribution is -2.41. The van der Waals surface area contributed by atoms with E-state index in [2.05, 4.69) is 51.4 Å². The number of para-hydroxylation sites is 1. The summed E-state index contributed by atoms with van der Waals surface area (Å²) >= 11 is 0. The van der Waals surface area contributed by atoms with Crippen LogP contribution >= 0.6 is 0 Å². The number of anilines is 1. The number of halogens is 1. The molecule has 0 amide bonds. The van der Waals surface area contributed by atoms with Crippen molar-refractivity contribution >= 4 is 16.7 Å². The van der Waals surface area contributed by atoms with Gasteiger partial charge >= 0.3 is 0 Å². The topological polar surface area (TPSA) is 50.3 Å². The fourth-order valence-corrected chi connectivity index (χ4v) is 3.61. The quantitative estimate of drug-likeness (QED) is 0.748. The molecule has 1 unspecified atom stereocenters. The minimum atomic E-state index is -0.332. The van der Waals surface area contributed by atoms with Gasteiger partial charge in [0.2, 0.25) is 0 Å². The first kappa shape index (κ1) is 17.8. The molecule has 4 rings (SSSR count). The number of ether oxygens (including phenoxy) is 1. The molecule has 27 heavy (non-hydrogen) atoms. The van der Waals surface area contributed by atoms with Gasteiger partial charge in [0.05, 0.1) is 19.3 Å². The highest BCUT2D eigenvalue weighted by Crippen LogP contribution is 2.26.